The Balaban J connectivity index is 2.93. The van der Waals surface area contributed by atoms with Gasteiger partial charge in [-0.05, 0) is 11.5 Å². The number of hydrogen-bond donors (Lipinski definition) is 0. The molecule has 0 aliphatic rings. The van der Waals surface area contributed by atoms with Gasteiger partial charge in [-0.25, -0.2) is 0 Å². The molecule has 0 aliphatic carbocycles. The van der Waals surface area contributed by atoms with E-state index in [2.05, 4.69) is 9.59 Å². The number of hydrogen-bond acceptors (Lipinski definition) is 5. The molecule has 4 nitrogen and oxygen atoms in total. The molecule has 0 spiro atoms. The number of aromatic nitrogens is 2. The third-order valence-electron chi connectivity index (χ3n) is 0.569. The molecule has 1 heterocycles. The van der Waals surface area contributed by atoms with Gasteiger partial charge < -0.3 is 9.90 Å². The van der Waals surface area contributed by atoms with Crippen LogP contribution in [0.3, 0.4) is 0 Å². The summed E-state index contributed by atoms with van der Waals surface area (Å²) in [5, 5.41) is 14.4. The van der Waals surface area contributed by atoms with Gasteiger partial charge in [-0.2, -0.15) is 0 Å². The van der Waals surface area contributed by atoms with Crippen LogP contribution in [0, 0.1) is 0 Å². The molecule has 0 N–H and O–H groups in total. The standard InChI is InChI=1S/C3H2N2O2S/c6-3(7)2-1-8-5-4-2/h1H,(H,6,7)/p-1. The van der Waals surface area contributed by atoms with Crippen LogP contribution in [0.25, 0.3) is 0 Å². The smallest absolute Gasteiger partial charge is 0.121 e. The predicted octanol–water partition coefficient (Wildman–Crippen LogP) is -1.10. The van der Waals surface area contributed by atoms with Crippen LogP contribution in [0.15, 0.2) is 5.38 Å². The normalized spacial score (nSPS) is 9.00. The first-order valence-electron chi connectivity index (χ1n) is 1.79. The summed E-state index contributed by atoms with van der Waals surface area (Å²) in [6.45, 7) is 0. The van der Waals surface area contributed by atoms with E-state index in [0.717, 1.165) is 11.5 Å². The average molecular weight is 129 g/mol. The van der Waals surface area contributed by atoms with Crippen molar-refractivity contribution in [2.24, 2.45) is 0 Å². The van der Waals surface area contributed by atoms with E-state index in [1.807, 2.05) is 0 Å². The van der Waals surface area contributed by atoms with Crippen molar-refractivity contribution in [3.05, 3.63) is 11.1 Å². The molecule has 0 bridgehead atoms. The van der Waals surface area contributed by atoms with Crippen molar-refractivity contribution in [1.29, 1.82) is 0 Å². The molecule has 1 rings (SSSR count). The summed E-state index contributed by atoms with van der Waals surface area (Å²) < 4.78 is 3.31. The summed E-state index contributed by atoms with van der Waals surface area (Å²) >= 11 is 0.986. The van der Waals surface area contributed by atoms with E-state index >= 15 is 0 Å². The van der Waals surface area contributed by atoms with Gasteiger partial charge in [-0.1, -0.05) is 4.49 Å². The minimum absolute atomic E-state index is 0.102. The molecule has 0 radical (unpaired) electrons. The Morgan fingerprint density at radius 1 is 1.88 bits per heavy atom. The second-order valence-corrected chi connectivity index (χ2v) is 1.69. The summed E-state index contributed by atoms with van der Waals surface area (Å²) in [5.74, 6) is -1.28. The van der Waals surface area contributed by atoms with Crippen molar-refractivity contribution < 1.29 is 9.90 Å². The Morgan fingerprint density at radius 3 is 2.88 bits per heavy atom. The Labute approximate surface area is 48.9 Å². The van der Waals surface area contributed by atoms with E-state index in [0.29, 0.717) is 0 Å². The first kappa shape index (κ1) is 5.17. The third-order valence-corrected chi connectivity index (χ3v) is 1.07. The summed E-state index contributed by atoms with van der Waals surface area (Å²) in [5.41, 5.74) is -0.102. The lowest BCUT2D eigenvalue weighted by Crippen LogP contribution is -2.22. The van der Waals surface area contributed by atoms with Crippen molar-refractivity contribution in [2.45, 2.75) is 0 Å². The van der Waals surface area contributed by atoms with Crippen molar-refractivity contribution in [3.63, 3.8) is 0 Å². The Morgan fingerprint density at radius 2 is 2.62 bits per heavy atom. The van der Waals surface area contributed by atoms with Crippen LogP contribution in [0.1, 0.15) is 10.5 Å². The van der Waals surface area contributed by atoms with Crippen molar-refractivity contribution >= 4 is 17.5 Å². The van der Waals surface area contributed by atoms with Gasteiger partial charge in [0.2, 0.25) is 0 Å². The number of carboxylic acid groups (broad SMARTS) is 1. The highest BCUT2D eigenvalue weighted by Crippen LogP contribution is 1.92. The molecule has 42 valence electrons. The van der Waals surface area contributed by atoms with Gasteiger partial charge in [0.15, 0.2) is 0 Å². The van der Waals surface area contributed by atoms with Gasteiger partial charge >= 0.3 is 0 Å². The topological polar surface area (TPSA) is 65.9 Å². The first-order valence-corrected chi connectivity index (χ1v) is 2.63. The first-order chi connectivity index (χ1) is 3.80. The zero-order chi connectivity index (χ0) is 5.98. The maximum absolute atomic E-state index is 9.86. The van der Waals surface area contributed by atoms with Crippen molar-refractivity contribution in [1.82, 2.24) is 9.59 Å². The highest BCUT2D eigenvalue weighted by atomic mass is 32.1. The lowest BCUT2D eigenvalue weighted by atomic mass is 10.5. The number of carbonyl (C=O) groups is 1. The van der Waals surface area contributed by atoms with Crippen LogP contribution in [0.2, 0.25) is 0 Å². The van der Waals surface area contributed by atoms with Crippen molar-refractivity contribution in [3.8, 4) is 0 Å². The van der Waals surface area contributed by atoms with E-state index in [4.69, 9.17) is 0 Å². The van der Waals surface area contributed by atoms with E-state index in [1.165, 1.54) is 5.38 Å². The fraction of sp³-hybridized carbons (Fsp3) is 0. The van der Waals surface area contributed by atoms with Gasteiger partial charge in [-0.15, -0.1) is 5.10 Å². The summed E-state index contributed by atoms with van der Waals surface area (Å²) in [6, 6.07) is 0. The second-order valence-electron chi connectivity index (χ2n) is 1.08. The molecule has 0 aromatic carbocycles. The zero-order valence-corrected chi connectivity index (χ0v) is 4.51. The molecule has 0 unspecified atom stereocenters. The molecule has 0 saturated heterocycles. The molecule has 0 amide bonds. The number of carbonyl (C=O) groups excluding carboxylic acids is 1. The highest BCUT2D eigenvalue weighted by Gasteiger charge is 1.92. The largest absolute Gasteiger partial charge is 0.543 e. The molecule has 0 aliphatic heterocycles. The maximum Gasteiger partial charge on any atom is 0.121 e. The molecular formula is C3HN2O2S-. The quantitative estimate of drug-likeness (QED) is 0.482. The molecule has 1 aromatic rings. The number of rotatable bonds is 1. The minimum Gasteiger partial charge on any atom is -0.543 e. The maximum atomic E-state index is 9.86. The Kier molecular flexibility index (Phi) is 1.21. The molecular weight excluding hydrogens is 128 g/mol. The van der Waals surface area contributed by atoms with E-state index < -0.39 is 5.97 Å². The van der Waals surface area contributed by atoms with E-state index in [1.54, 1.807) is 0 Å². The zero-order valence-electron chi connectivity index (χ0n) is 3.70. The Bertz CT molecular complexity index is 183. The Hall–Kier alpha value is -0.970. The van der Waals surface area contributed by atoms with Gasteiger partial charge in [0.25, 0.3) is 0 Å². The molecule has 0 fully saturated rings. The van der Waals surface area contributed by atoms with Crippen molar-refractivity contribution in [2.75, 3.05) is 0 Å². The monoisotopic (exact) mass is 129 g/mol. The second kappa shape index (κ2) is 1.87. The lowest BCUT2D eigenvalue weighted by molar-refractivity contribution is -0.255. The molecule has 0 saturated carbocycles. The van der Waals surface area contributed by atoms with E-state index in [9.17, 15) is 9.90 Å². The van der Waals surface area contributed by atoms with E-state index in [-0.39, 0.29) is 5.69 Å². The SMILES string of the molecule is O=C([O-])c1csnn1. The van der Waals surface area contributed by atoms with Crippen LogP contribution < -0.4 is 5.11 Å². The number of nitrogens with zero attached hydrogens (tertiary/aromatic N) is 2. The predicted molar refractivity (Wildman–Crippen MR) is 24.2 cm³/mol. The van der Waals surface area contributed by atoms with Gasteiger partial charge in [0.05, 0.1) is 5.97 Å². The summed E-state index contributed by atoms with van der Waals surface area (Å²) in [7, 11) is 0. The van der Waals surface area contributed by atoms with Gasteiger partial charge in [-0.3, -0.25) is 0 Å². The fourth-order valence-electron chi connectivity index (χ4n) is 0.254. The highest BCUT2D eigenvalue weighted by molar-refractivity contribution is 7.03. The molecule has 8 heavy (non-hydrogen) atoms. The minimum atomic E-state index is -1.28. The molecule has 5 heteroatoms. The van der Waals surface area contributed by atoms with Crippen LogP contribution in [-0.2, 0) is 0 Å². The van der Waals surface area contributed by atoms with Gasteiger partial charge in [0, 0.05) is 5.38 Å². The van der Waals surface area contributed by atoms with Gasteiger partial charge in [0.1, 0.15) is 5.69 Å². The summed E-state index contributed by atoms with van der Waals surface area (Å²) in [6.07, 6.45) is 0. The van der Waals surface area contributed by atoms with Crippen LogP contribution in [-0.4, -0.2) is 15.6 Å². The van der Waals surface area contributed by atoms with Crippen LogP contribution in [0.4, 0.5) is 0 Å². The third kappa shape index (κ3) is 0.812. The lowest BCUT2D eigenvalue weighted by Gasteiger charge is -1.88. The molecule has 1 aromatic heterocycles. The van der Waals surface area contributed by atoms with Crippen LogP contribution >= 0.6 is 11.5 Å². The fourth-order valence-corrected chi connectivity index (χ4v) is 0.679. The summed E-state index contributed by atoms with van der Waals surface area (Å²) in [4.78, 5) is 9.86. The average Bonchev–Trinajstić information content (AvgIpc) is 2.12. The van der Waals surface area contributed by atoms with Crippen LogP contribution in [0.5, 0.6) is 0 Å². The molecule has 0 atom stereocenters. The number of aromatic carboxylic acids is 1. The number of carboxylic acids is 1.